The maximum atomic E-state index is 2.45. The molecule has 2 aliphatic rings. The van der Waals surface area contributed by atoms with Gasteiger partial charge in [0.15, 0.2) is 0 Å². The molecule has 0 amide bonds. The summed E-state index contributed by atoms with van der Waals surface area (Å²) in [4.78, 5) is 0. The summed E-state index contributed by atoms with van der Waals surface area (Å²) in [6.45, 7) is 4.70. The molecule has 0 heteroatoms. The molecule has 138 valence electrons. The number of hydrogen-bond acceptors (Lipinski definition) is 0. The lowest BCUT2D eigenvalue weighted by atomic mass is 9.64. The van der Waals surface area contributed by atoms with Crippen LogP contribution in [-0.2, 0) is 6.42 Å². The number of benzene rings is 2. The first kappa shape index (κ1) is 17.8. The lowest BCUT2D eigenvalue weighted by Crippen LogP contribution is -2.29. The average Bonchev–Trinajstić information content (AvgIpc) is 2.69. The summed E-state index contributed by atoms with van der Waals surface area (Å²) < 4.78 is 0. The third-order valence-electron chi connectivity index (χ3n) is 7.08. The van der Waals surface area contributed by atoms with Crippen LogP contribution >= 0.6 is 0 Å². The first-order valence-corrected chi connectivity index (χ1v) is 10.9. The van der Waals surface area contributed by atoms with E-state index in [1.54, 1.807) is 5.56 Å². The highest BCUT2D eigenvalue weighted by Crippen LogP contribution is 2.47. The molecular weight excluding hydrogens is 312 g/mol. The lowest BCUT2D eigenvalue weighted by Gasteiger charge is -2.41. The summed E-state index contributed by atoms with van der Waals surface area (Å²) in [6, 6.07) is 18.7. The molecule has 26 heavy (non-hydrogen) atoms. The first-order valence-electron chi connectivity index (χ1n) is 10.9. The van der Waals surface area contributed by atoms with Crippen LogP contribution in [0.4, 0.5) is 0 Å². The van der Waals surface area contributed by atoms with Crippen LogP contribution in [0.25, 0.3) is 11.1 Å². The van der Waals surface area contributed by atoms with Crippen LogP contribution in [0.2, 0.25) is 0 Å². The quantitative estimate of drug-likeness (QED) is 0.534. The molecule has 0 nitrogen and oxygen atoms in total. The minimum absolute atomic E-state index is 0.797. The second kappa shape index (κ2) is 7.99. The first-order chi connectivity index (χ1) is 12.7. The lowest BCUT2D eigenvalue weighted by molar-refractivity contribution is 0.124. The topological polar surface area (TPSA) is 0 Å². The van der Waals surface area contributed by atoms with Gasteiger partial charge in [0, 0.05) is 0 Å². The smallest absolute Gasteiger partial charge is 0.0159 e. The molecule has 2 aliphatic carbocycles. The minimum Gasteiger partial charge on any atom is -0.0651 e. The van der Waals surface area contributed by atoms with E-state index in [4.69, 9.17) is 0 Å². The molecule has 0 aromatic heterocycles. The Morgan fingerprint density at radius 3 is 2.04 bits per heavy atom. The third kappa shape index (κ3) is 3.90. The van der Waals surface area contributed by atoms with E-state index >= 15 is 0 Å². The molecule has 0 aliphatic heterocycles. The second-order valence-corrected chi connectivity index (χ2v) is 9.02. The Hall–Kier alpha value is -1.56. The van der Waals surface area contributed by atoms with E-state index < -0.39 is 0 Å². The van der Waals surface area contributed by atoms with Crippen LogP contribution in [0.3, 0.4) is 0 Å². The molecule has 2 fully saturated rings. The number of hydrogen-bond donors (Lipinski definition) is 0. The zero-order chi connectivity index (χ0) is 17.9. The predicted molar refractivity (Wildman–Crippen MR) is 112 cm³/mol. The molecule has 2 aromatic carbocycles. The molecule has 0 bridgehead atoms. The van der Waals surface area contributed by atoms with Crippen LogP contribution in [0.1, 0.15) is 75.8 Å². The second-order valence-electron chi connectivity index (χ2n) is 9.02. The largest absolute Gasteiger partial charge is 0.0651 e. The van der Waals surface area contributed by atoms with E-state index in [0.29, 0.717) is 0 Å². The van der Waals surface area contributed by atoms with E-state index in [0.717, 1.165) is 23.7 Å². The van der Waals surface area contributed by atoms with Gasteiger partial charge in [0.1, 0.15) is 0 Å². The van der Waals surface area contributed by atoms with Gasteiger partial charge in [-0.15, -0.1) is 0 Å². The van der Waals surface area contributed by atoms with Crippen LogP contribution < -0.4 is 0 Å². The van der Waals surface area contributed by atoms with E-state index in [-0.39, 0.29) is 0 Å². The highest BCUT2D eigenvalue weighted by Gasteiger charge is 2.34. The highest BCUT2D eigenvalue weighted by atomic mass is 14.4. The van der Waals surface area contributed by atoms with Crippen molar-refractivity contribution in [2.45, 2.75) is 71.1 Å². The van der Waals surface area contributed by atoms with Gasteiger partial charge >= 0.3 is 0 Å². The highest BCUT2D eigenvalue weighted by molar-refractivity contribution is 5.64. The van der Waals surface area contributed by atoms with Crippen LogP contribution in [0.5, 0.6) is 0 Å². The molecule has 4 rings (SSSR count). The number of aryl methyl sites for hydroxylation is 1. The maximum Gasteiger partial charge on any atom is -0.0159 e. The van der Waals surface area contributed by atoms with E-state index in [2.05, 4.69) is 62.4 Å². The Labute approximate surface area is 160 Å². The molecule has 0 saturated heterocycles. The number of rotatable bonds is 4. The van der Waals surface area contributed by atoms with Crippen molar-refractivity contribution in [3.8, 4) is 11.1 Å². The normalized spacial score (nSPS) is 28.5. The summed E-state index contributed by atoms with van der Waals surface area (Å²) in [5, 5.41) is 0. The van der Waals surface area contributed by atoms with Gasteiger partial charge in [0.05, 0.1) is 0 Å². The van der Waals surface area contributed by atoms with Gasteiger partial charge in [-0.2, -0.15) is 0 Å². The van der Waals surface area contributed by atoms with Gasteiger partial charge in [-0.1, -0.05) is 75.2 Å². The minimum atomic E-state index is 0.797. The van der Waals surface area contributed by atoms with Gasteiger partial charge in [0.25, 0.3) is 0 Å². The summed E-state index contributed by atoms with van der Waals surface area (Å²) in [5.74, 6) is 3.79. The van der Waals surface area contributed by atoms with Crippen molar-refractivity contribution in [2.75, 3.05) is 0 Å². The van der Waals surface area contributed by atoms with Gasteiger partial charge in [-0.3, -0.25) is 0 Å². The van der Waals surface area contributed by atoms with Crippen molar-refractivity contribution in [2.24, 2.45) is 17.8 Å². The Balaban J connectivity index is 1.43. The number of fused-ring (bicyclic) bond motifs is 1. The standard InChI is InChI=1S/C26H34/c1-3-4-20-6-9-21(10-7-20)22-11-13-23(14-12-22)25-16-15-24-17-19(2)5-8-26(24)18-25/h6-7,9-14,19,24-26H,3-5,8,15-18H2,1-2H3/t19?,24-,25-,26-/m1/s1. The van der Waals surface area contributed by atoms with Crippen molar-refractivity contribution < 1.29 is 0 Å². The molecule has 2 aromatic rings. The van der Waals surface area contributed by atoms with Gasteiger partial charge in [0.2, 0.25) is 0 Å². The maximum absolute atomic E-state index is 2.45. The molecule has 0 N–H and O–H groups in total. The van der Waals surface area contributed by atoms with Crippen molar-refractivity contribution in [1.82, 2.24) is 0 Å². The Kier molecular flexibility index (Phi) is 5.48. The molecule has 0 radical (unpaired) electrons. The third-order valence-corrected chi connectivity index (χ3v) is 7.08. The van der Waals surface area contributed by atoms with Crippen LogP contribution in [-0.4, -0.2) is 0 Å². The monoisotopic (exact) mass is 346 g/mol. The van der Waals surface area contributed by atoms with E-state index in [1.165, 1.54) is 68.1 Å². The molecule has 0 heterocycles. The molecule has 2 saturated carbocycles. The zero-order valence-corrected chi connectivity index (χ0v) is 16.6. The molecular formula is C26H34. The van der Waals surface area contributed by atoms with Crippen LogP contribution in [0.15, 0.2) is 48.5 Å². The Morgan fingerprint density at radius 2 is 1.35 bits per heavy atom. The van der Waals surface area contributed by atoms with Crippen molar-refractivity contribution in [1.29, 1.82) is 0 Å². The SMILES string of the molecule is CCCc1ccc(-c2ccc([C@@H]3CC[C@@H]4CC(C)CC[C@@H]4C3)cc2)cc1. The summed E-state index contributed by atoms with van der Waals surface area (Å²) in [5.41, 5.74) is 5.73. The summed E-state index contributed by atoms with van der Waals surface area (Å²) in [7, 11) is 0. The average molecular weight is 347 g/mol. The Morgan fingerprint density at radius 1 is 0.731 bits per heavy atom. The fraction of sp³-hybridized carbons (Fsp3) is 0.538. The van der Waals surface area contributed by atoms with Crippen molar-refractivity contribution >= 4 is 0 Å². The van der Waals surface area contributed by atoms with E-state index in [9.17, 15) is 0 Å². The van der Waals surface area contributed by atoms with Gasteiger partial charge < -0.3 is 0 Å². The molecule has 1 unspecified atom stereocenters. The Bertz CT molecular complexity index is 694. The summed E-state index contributed by atoms with van der Waals surface area (Å²) in [6.07, 6.45) is 11.1. The molecule has 0 spiro atoms. The molecule has 4 atom stereocenters. The fourth-order valence-electron chi connectivity index (χ4n) is 5.53. The fourth-order valence-corrected chi connectivity index (χ4v) is 5.53. The summed E-state index contributed by atoms with van der Waals surface area (Å²) >= 11 is 0. The van der Waals surface area contributed by atoms with Gasteiger partial charge in [-0.05, 0) is 84.5 Å². The zero-order valence-electron chi connectivity index (χ0n) is 16.6. The predicted octanol–water partition coefficient (Wildman–Crippen LogP) is 7.63. The van der Waals surface area contributed by atoms with Crippen molar-refractivity contribution in [3.63, 3.8) is 0 Å². The van der Waals surface area contributed by atoms with E-state index in [1.807, 2.05) is 0 Å². The van der Waals surface area contributed by atoms with Crippen LogP contribution in [0, 0.1) is 17.8 Å². The van der Waals surface area contributed by atoms with Crippen molar-refractivity contribution in [3.05, 3.63) is 59.7 Å². The van der Waals surface area contributed by atoms with Gasteiger partial charge in [-0.25, -0.2) is 0 Å².